The van der Waals surface area contributed by atoms with Crippen LogP contribution in [0, 0.1) is 0 Å². The van der Waals surface area contributed by atoms with E-state index in [-0.39, 0.29) is 5.54 Å². The van der Waals surface area contributed by atoms with Crippen molar-refractivity contribution in [1.29, 1.82) is 0 Å². The van der Waals surface area contributed by atoms with Crippen LogP contribution in [0.3, 0.4) is 0 Å². The molecule has 0 aromatic heterocycles. The van der Waals surface area contributed by atoms with Crippen molar-refractivity contribution in [1.82, 2.24) is 0 Å². The second-order valence-corrected chi connectivity index (χ2v) is 3.00. The normalized spacial score (nSPS) is 19.7. The van der Waals surface area contributed by atoms with E-state index in [9.17, 15) is 4.79 Å². The molecule has 0 saturated heterocycles. The number of unbranched alkanes of at least 4 members (excludes halogenated alkanes) is 1. The van der Waals surface area contributed by atoms with Crippen LogP contribution in [-0.4, -0.2) is 11.6 Å². The zero-order valence-corrected chi connectivity index (χ0v) is 6.84. The summed E-state index contributed by atoms with van der Waals surface area (Å²) in [5.41, 5.74) is -0.128. The van der Waals surface area contributed by atoms with Gasteiger partial charge in [-0.3, -0.25) is 0 Å². The van der Waals surface area contributed by atoms with Gasteiger partial charge in [-0.05, 0) is 19.3 Å². The number of allylic oxidation sites excluding steroid dienone is 1. The van der Waals surface area contributed by atoms with E-state index in [0.29, 0.717) is 0 Å². The average molecular weight is 151 g/mol. The van der Waals surface area contributed by atoms with E-state index in [0.717, 1.165) is 25.7 Å². The van der Waals surface area contributed by atoms with Gasteiger partial charge in [0.2, 0.25) is 6.08 Å². The molecule has 1 fully saturated rings. The van der Waals surface area contributed by atoms with Gasteiger partial charge in [0.1, 0.15) is 0 Å². The highest BCUT2D eigenvalue weighted by molar-refractivity contribution is 5.38. The lowest BCUT2D eigenvalue weighted by atomic mass is 10.2. The Bertz CT molecular complexity index is 198. The highest BCUT2D eigenvalue weighted by Crippen LogP contribution is 2.40. The third kappa shape index (κ3) is 2.32. The fourth-order valence-electron chi connectivity index (χ4n) is 1.00. The second-order valence-electron chi connectivity index (χ2n) is 3.00. The fourth-order valence-corrected chi connectivity index (χ4v) is 1.00. The van der Waals surface area contributed by atoms with Crippen molar-refractivity contribution in [2.75, 3.05) is 0 Å². The molecule has 0 amide bonds. The first-order valence-corrected chi connectivity index (χ1v) is 4.10. The summed E-state index contributed by atoms with van der Waals surface area (Å²) in [6, 6.07) is 0. The zero-order chi connectivity index (χ0) is 8.16. The molecule has 1 saturated carbocycles. The zero-order valence-electron chi connectivity index (χ0n) is 6.84. The average Bonchev–Trinajstić information content (AvgIpc) is 2.71. The van der Waals surface area contributed by atoms with Crippen LogP contribution in [0.1, 0.15) is 32.6 Å². The van der Waals surface area contributed by atoms with Crippen LogP contribution in [0.2, 0.25) is 0 Å². The van der Waals surface area contributed by atoms with Crippen LogP contribution in [0.25, 0.3) is 0 Å². The minimum Gasteiger partial charge on any atom is -0.211 e. The highest BCUT2D eigenvalue weighted by atomic mass is 16.1. The van der Waals surface area contributed by atoms with E-state index in [2.05, 4.69) is 18.0 Å². The summed E-state index contributed by atoms with van der Waals surface area (Å²) in [6.45, 7) is 2.13. The molecule has 0 unspecified atom stereocenters. The Hall–Kier alpha value is -0.880. The molecule has 1 aliphatic rings. The van der Waals surface area contributed by atoms with E-state index < -0.39 is 0 Å². The lowest BCUT2D eigenvalue weighted by Gasteiger charge is -1.96. The van der Waals surface area contributed by atoms with Crippen LogP contribution < -0.4 is 0 Å². The fraction of sp³-hybridized carbons (Fsp3) is 0.667. The Morgan fingerprint density at radius 1 is 1.64 bits per heavy atom. The highest BCUT2D eigenvalue weighted by Gasteiger charge is 2.39. The minimum atomic E-state index is -0.128. The van der Waals surface area contributed by atoms with Crippen molar-refractivity contribution in [3.8, 4) is 0 Å². The molecule has 0 aromatic rings. The molecule has 0 atom stereocenters. The molecule has 0 bridgehead atoms. The standard InChI is InChI=1S/C9H13NO/c1-2-3-4-5-9(6-7-9)10-8-11/h4-5H,2-3,6-7H2,1H3/b5-4+. The summed E-state index contributed by atoms with van der Waals surface area (Å²) in [6.07, 6.45) is 10.0. The van der Waals surface area contributed by atoms with Gasteiger partial charge in [0.05, 0.1) is 5.54 Å². The molecule has 60 valence electrons. The van der Waals surface area contributed by atoms with E-state index in [4.69, 9.17) is 0 Å². The van der Waals surface area contributed by atoms with Gasteiger partial charge in [-0.2, -0.15) is 4.99 Å². The third-order valence-corrected chi connectivity index (χ3v) is 1.91. The van der Waals surface area contributed by atoms with Crippen molar-refractivity contribution < 1.29 is 4.79 Å². The second kappa shape index (κ2) is 3.49. The van der Waals surface area contributed by atoms with Gasteiger partial charge < -0.3 is 0 Å². The first-order chi connectivity index (χ1) is 5.33. The van der Waals surface area contributed by atoms with Gasteiger partial charge in [0, 0.05) is 0 Å². The molecule has 2 nitrogen and oxygen atoms in total. The number of rotatable bonds is 4. The van der Waals surface area contributed by atoms with Crippen molar-refractivity contribution in [3.05, 3.63) is 12.2 Å². The molecule has 1 aliphatic carbocycles. The Balaban J connectivity index is 2.40. The number of hydrogen-bond donors (Lipinski definition) is 0. The lowest BCUT2D eigenvalue weighted by Crippen LogP contribution is -1.97. The molecule has 0 radical (unpaired) electrons. The van der Waals surface area contributed by atoms with Crippen molar-refractivity contribution in [2.24, 2.45) is 4.99 Å². The quantitative estimate of drug-likeness (QED) is 0.344. The SMILES string of the molecule is CCC/C=C/C1(N=C=O)CC1. The first-order valence-electron chi connectivity index (χ1n) is 4.10. The van der Waals surface area contributed by atoms with Crippen LogP contribution in [0.5, 0.6) is 0 Å². The molecule has 2 heteroatoms. The van der Waals surface area contributed by atoms with Gasteiger partial charge in [0.15, 0.2) is 0 Å². The smallest absolute Gasteiger partial charge is 0.211 e. The van der Waals surface area contributed by atoms with Crippen molar-refractivity contribution >= 4 is 6.08 Å². The van der Waals surface area contributed by atoms with E-state index in [1.807, 2.05) is 6.08 Å². The molecular weight excluding hydrogens is 138 g/mol. The molecule has 0 aliphatic heterocycles. The Morgan fingerprint density at radius 3 is 2.82 bits per heavy atom. The van der Waals surface area contributed by atoms with Gasteiger partial charge in [0.25, 0.3) is 0 Å². The largest absolute Gasteiger partial charge is 0.235 e. The predicted molar refractivity (Wildman–Crippen MR) is 44.1 cm³/mol. The summed E-state index contributed by atoms with van der Waals surface area (Å²) in [4.78, 5) is 13.7. The van der Waals surface area contributed by atoms with Crippen molar-refractivity contribution in [2.45, 2.75) is 38.1 Å². The maximum Gasteiger partial charge on any atom is 0.235 e. The van der Waals surface area contributed by atoms with Gasteiger partial charge >= 0.3 is 0 Å². The molecule has 11 heavy (non-hydrogen) atoms. The third-order valence-electron chi connectivity index (χ3n) is 1.91. The topological polar surface area (TPSA) is 29.4 Å². The minimum absolute atomic E-state index is 0.128. The maximum atomic E-state index is 9.97. The summed E-state index contributed by atoms with van der Waals surface area (Å²) in [7, 11) is 0. The number of aliphatic imine (C=N–C) groups is 1. The van der Waals surface area contributed by atoms with E-state index in [1.165, 1.54) is 0 Å². The molecule has 0 aromatic carbocycles. The van der Waals surface area contributed by atoms with Crippen LogP contribution in [0.15, 0.2) is 17.1 Å². The monoisotopic (exact) mass is 151 g/mol. The number of nitrogens with zero attached hydrogens (tertiary/aromatic N) is 1. The molecular formula is C9H13NO. The lowest BCUT2D eigenvalue weighted by molar-refractivity contribution is 0.560. The number of hydrogen-bond acceptors (Lipinski definition) is 2. The summed E-state index contributed by atoms with van der Waals surface area (Å²) >= 11 is 0. The summed E-state index contributed by atoms with van der Waals surface area (Å²) < 4.78 is 0. The number of carbonyl (C=O) groups excluding carboxylic acids is 1. The van der Waals surface area contributed by atoms with E-state index >= 15 is 0 Å². The Morgan fingerprint density at radius 2 is 2.36 bits per heavy atom. The summed E-state index contributed by atoms with van der Waals surface area (Å²) in [5, 5.41) is 0. The Kier molecular flexibility index (Phi) is 2.61. The van der Waals surface area contributed by atoms with Crippen molar-refractivity contribution in [3.63, 3.8) is 0 Å². The van der Waals surface area contributed by atoms with Gasteiger partial charge in [-0.1, -0.05) is 25.5 Å². The van der Waals surface area contributed by atoms with Crippen LogP contribution in [-0.2, 0) is 4.79 Å². The molecule has 1 rings (SSSR count). The Labute approximate surface area is 67.0 Å². The number of isocyanates is 1. The van der Waals surface area contributed by atoms with Gasteiger partial charge in [-0.15, -0.1) is 0 Å². The van der Waals surface area contributed by atoms with E-state index in [1.54, 1.807) is 6.08 Å². The predicted octanol–water partition coefficient (Wildman–Crippen LogP) is 2.21. The molecule has 0 spiro atoms. The molecule has 0 heterocycles. The van der Waals surface area contributed by atoms with Gasteiger partial charge in [-0.25, -0.2) is 4.79 Å². The summed E-state index contributed by atoms with van der Waals surface area (Å²) in [5.74, 6) is 0. The molecule has 0 N–H and O–H groups in total. The van der Waals surface area contributed by atoms with Crippen LogP contribution in [0.4, 0.5) is 0 Å². The maximum absolute atomic E-state index is 9.97. The van der Waals surface area contributed by atoms with Crippen LogP contribution >= 0.6 is 0 Å². The first kappa shape index (κ1) is 8.22.